The Morgan fingerprint density at radius 2 is 2.00 bits per heavy atom. The molecule has 0 atom stereocenters. The minimum atomic E-state index is -4.59. The highest BCUT2D eigenvalue weighted by Gasteiger charge is 2.36. The summed E-state index contributed by atoms with van der Waals surface area (Å²) in [6.45, 7) is 0. The molecule has 0 aromatic heterocycles. The molecule has 0 unspecified atom stereocenters. The van der Waals surface area contributed by atoms with Crippen LogP contribution >= 0.6 is 12.6 Å². The van der Waals surface area contributed by atoms with E-state index in [9.17, 15) is 13.2 Å². The number of nitrogens with zero attached hydrogens (tertiary/aromatic N) is 1. The van der Waals surface area contributed by atoms with Crippen molar-refractivity contribution in [3.63, 3.8) is 0 Å². The molecule has 0 heterocycles. The fourth-order valence-electron chi connectivity index (χ4n) is 1.10. The van der Waals surface area contributed by atoms with Crippen LogP contribution in [0.3, 0.4) is 0 Å². The van der Waals surface area contributed by atoms with Crippen molar-refractivity contribution in [2.24, 2.45) is 0 Å². The van der Waals surface area contributed by atoms with Crippen LogP contribution in [0.2, 0.25) is 0 Å². The Balaban J connectivity index is 3.47. The summed E-state index contributed by atoms with van der Waals surface area (Å²) in [7, 11) is 1.30. The molecule has 1 rings (SSSR count). The summed E-state index contributed by atoms with van der Waals surface area (Å²) in [5.41, 5.74) is -1.53. The van der Waals surface area contributed by atoms with Gasteiger partial charge in [-0.25, -0.2) is 0 Å². The van der Waals surface area contributed by atoms with Crippen LogP contribution < -0.4 is 4.74 Å². The molecule has 0 aliphatic heterocycles. The first-order valence-corrected chi connectivity index (χ1v) is 4.23. The average Bonchev–Trinajstić information content (AvgIpc) is 2.14. The third-order valence-corrected chi connectivity index (χ3v) is 2.08. The zero-order valence-electron chi connectivity index (χ0n) is 7.59. The molecular formula is C9H6F3NOS. The minimum Gasteiger partial charge on any atom is -0.497 e. The van der Waals surface area contributed by atoms with Gasteiger partial charge < -0.3 is 4.74 Å². The van der Waals surface area contributed by atoms with E-state index in [2.05, 4.69) is 12.6 Å². The lowest BCUT2D eigenvalue weighted by molar-refractivity contribution is -0.139. The van der Waals surface area contributed by atoms with Crippen molar-refractivity contribution in [3.8, 4) is 11.8 Å². The number of benzene rings is 1. The van der Waals surface area contributed by atoms with Gasteiger partial charge in [-0.15, -0.1) is 12.6 Å². The maximum absolute atomic E-state index is 12.5. The summed E-state index contributed by atoms with van der Waals surface area (Å²) in [5, 5.41) is 8.59. The Labute approximate surface area is 89.7 Å². The number of hydrogen-bond acceptors (Lipinski definition) is 3. The summed E-state index contributed by atoms with van der Waals surface area (Å²) >= 11 is 3.69. The molecule has 0 saturated carbocycles. The monoisotopic (exact) mass is 233 g/mol. The van der Waals surface area contributed by atoms with E-state index in [4.69, 9.17) is 10.00 Å². The predicted molar refractivity (Wildman–Crippen MR) is 50.0 cm³/mol. The van der Waals surface area contributed by atoms with Crippen LogP contribution in [0.1, 0.15) is 11.1 Å². The van der Waals surface area contributed by atoms with Crippen molar-refractivity contribution in [3.05, 3.63) is 23.3 Å². The van der Waals surface area contributed by atoms with Gasteiger partial charge in [-0.1, -0.05) is 0 Å². The van der Waals surface area contributed by atoms with Crippen LogP contribution in [0.15, 0.2) is 17.0 Å². The predicted octanol–water partition coefficient (Wildman–Crippen LogP) is 2.87. The molecule has 0 N–H and O–H groups in total. The molecule has 0 saturated heterocycles. The molecule has 6 heteroatoms. The second-order valence-electron chi connectivity index (χ2n) is 2.68. The lowest BCUT2D eigenvalue weighted by atomic mass is 10.1. The quantitative estimate of drug-likeness (QED) is 0.756. The summed E-state index contributed by atoms with van der Waals surface area (Å²) < 4.78 is 42.2. The van der Waals surface area contributed by atoms with Crippen molar-refractivity contribution < 1.29 is 17.9 Å². The minimum absolute atomic E-state index is 0.171. The van der Waals surface area contributed by atoms with Gasteiger partial charge in [0.1, 0.15) is 5.75 Å². The Morgan fingerprint density at radius 1 is 1.40 bits per heavy atom. The molecule has 0 radical (unpaired) electrons. The highest BCUT2D eigenvalue weighted by Crippen LogP contribution is 2.38. The van der Waals surface area contributed by atoms with E-state index in [1.54, 1.807) is 0 Å². The molecule has 0 spiro atoms. The molecule has 80 valence electrons. The summed E-state index contributed by atoms with van der Waals surface area (Å²) in [4.78, 5) is -0.321. The van der Waals surface area contributed by atoms with Crippen LogP contribution in [0.5, 0.6) is 5.75 Å². The number of hydrogen-bond donors (Lipinski definition) is 1. The van der Waals surface area contributed by atoms with E-state index in [1.165, 1.54) is 13.2 Å². The molecule has 0 aliphatic rings. The molecular weight excluding hydrogens is 227 g/mol. The standard InChI is InChI=1S/C9H6F3NOS/c1-14-6-2-5(4-13)8(7(15)3-6)9(10,11)12/h2-3,15H,1H3. The summed E-state index contributed by atoms with van der Waals surface area (Å²) in [6, 6.07) is 3.62. The first-order valence-electron chi connectivity index (χ1n) is 3.78. The molecule has 15 heavy (non-hydrogen) atoms. The van der Waals surface area contributed by atoms with E-state index in [-0.39, 0.29) is 10.6 Å². The molecule has 1 aromatic rings. The molecule has 1 aromatic carbocycles. The number of ether oxygens (including phenoxy) is 1. The van der Waals surface area contributed by atoms with Crippen LogP contribution in [-0.4, -0.2) is 7.11 Å². The van der Waals surface area contributed by atoms with Gasteiger partial charge in [0.25, 0.3) is 0 Å². The zero-order valence-corrected chi connectivity index (χ0v) is 8.49. The first-order chi connectivity index (χ1) is 6.90. The number of rotatable bonds is 1. The number of nitriles is 1. The van der Waals surface area contributed by atoms with E-state index >= 15 is 0 Å². The molecule has 0 bridgehead atoms. The first kappa shape index (κ1) is 11.7. The maximum Gasteiger partial charge on any atom is 0.418 e. The zero-order chi connectivity index (χ0) is 11.6. The third kappa shape index (κ3) is 2.36. The summed E-state index contributed by atoms with van der Waals surface area (Å²) in [5.74, 6) is 0.171. The van der Waals surface area contributed by atoms with E-state index in [1.807, 2.05) is 0 Å². The number of alkyl halides is 3. The number of thiol groups is 1. The van der Waals surface area contributed by atoms with Gasteiger partial charge in [0.05, 0.1) is 24.3 Å². The fraction of sp³-hybridized carbons (Fsp3) is 0.222. The van der Waals surface area contributed by atoms with Gasteiger partial charge in [0, 0.05) is 4.90 Å². The van der Waals surface area contributed by atoms with Crippen LogP contribution in [0.4, 0.5) is 13.2 Å². The van der Waals surface area contributed by atoms with Crippen molar-refractivity contribution in [1.82, 2.24) is 0 Å². The van der Waals surface area contributed by atoms with Crippen LogP contribution in [0, 0.1) is 11.3 Å². The van der Waals surface area contributed by atoms with Crippen molar-refractivity contribution in [2.45, 2.75) is 11.1 Å². The SMILES string of the molecule is COc1cc(S)c(C(F)(F)F)c(C#N)c1. The van der Waals surface area contributed by atoms with Crippen molar-refractivity contribution in [2.75, 3.05) is 7.11 Å². The van der Waals surface area contributed by atoms with Gasteiger partial charge >= 0.3 is 6.18 Å². The van der Waals surface area contributed by atoms with Gasteiger partial charge in [-0.05, 0) is 12.1 Å². The van der Waals surface area contributed by atoms with Crippen molar-refractivity contribution >= 4 is 12.6 Å². The third-order valence-electron chi connectivity index (χ3n) is 1.73. The van der Waals surface area contributed by atoms with Crippen LogP contribution in [0.25, 0.3) is 0 Å². The highest BCUT2D eigenvalue weighted by molar-refractivity contribution is 7.80. The lowest BCUT2D eigenvalue weighted by Gasteiger charge is -2.12. The lowest BCUT2D eigenvalue weighted by Crippen LogP contribution is -2.09. The Morgan fingerprint density at radius 3 is 2.40 bits per heavy atom. The Bertz CT molecular complexity index is 423. The normalized spacial score (nSPS) is 10.9. The average molecular weight is 233 g/mol. The Hall–Kier alpha value is -1.35. The molecule has 0 aliphatic carbocycles. The smallest absolute Gasteiger partial charge is 0.418 e. The maximum atomic E-state index is 12.5. The topological polar surface area (TPSA) is 33.0 Å². The summed E-state index contributed by atoms with van der Waals surface area (Å²) in [6.07, 6.45) is -4.59. The van der Waals surface area contributed by atoms with Gasteiger partial charge in [0.15, 0.2) is 0 Å². The van der Waals surface area contributed by atoms with E-state index < -0.39 is 17.3 Å². The number of halogens is 3. The highest BCUT2D eigenvalue weighted by atomic mass is 32.1. The largest absolute Gasteiger partial charge is 0.497 e. The van der Waals surface area contributed by atoms with E-state index in [0.29, 0.717) is 0 Å². The van der Waals surface area contributed by atoms with Gasteiger partial charge in [-0.3, -0.25) is 0 Å². The molecule has 2 nitrogen and oxygen atoms in total. The van der Waals surface area contributed by atoms with Crippen LogP contribution in [-0.2, 0) is 6.18 Å². The van der Waals surface area contributed by atoms with E-state index in [0.717, 1.165) is 12.1 Å². The van der Waals surface area contributed by atoms with Crippen molar-refractivity contribution in [1.29, 1.82) is 5.26 Å². The van der Waals surface area contributed by atoms with Gasteiger partial charge in [-0.2, -0.15) is 18.4 Å². The fourth-order valence-corrected chi connectivity index (χ4v) is 1.48. The molecule has 0 amide bonds. The van der Waals surface area contributed by atoms with Gasteiger partial charge in [0.2, 0.25) is 0 Å². The second kappa shape index (κ2) is 4.03. The Kier molecular flexibility index (Phi) is 3.15. The number of methoxy groups -OCH3 is 1. The second-order valence-corrected chi connectivity index (χ2v) is 3.16. The molecule has 0 fully saturated rings.